The highest BCUT2D eigenvalue weighted by Crippen LogP contribution is 2.33. The van der Waals surface area contributed by atoms with Gasteiger partial charge in [-0.3, -0.25) is 0 Å². The second kappa shape index (κ2) is 10.3. The number of halogens is 10. The number of hydrogen-bond donors (Lipinski definition) is 0. The van der Waals surface area contributed by atoms with Crippen molar-refractivity contribution in [3.63, 3.8) is 0 Å². The molecular formula is C25H10F10N2O2. The van der Waals surface area contributed by atoms with Crippen LogP contribution < -0.4 is 0 Å². The third-order valence-electron chi connectivity index (χ3n) is 5.43. The summed E-state index contributed by atoms with van der Waals surface area (Å²) in [5, 5.41) is 12.5. The summed E-state index contributed by atoms with van der Waals surface area (Å²) in [5.41, 5.74) is -4.15. The van der Waals surface area contributed by atoms with Gasteiger partial charge >= 0.3 is 0 Å². The van der Waals surface area contributed by atoms with Crippen molar-refractivity contribution in [2.45, 2.75) is 0 Å². The molecule has 0 heterocycles. The molecular weight excluding hydrogens is 550 g/mol. The first-order valence-corrected chi connectivity index (χ1v) is 10.4. The fourth-order valence-corrected chi connectivity index (χ4v) is 3.46. The van der Waals surface area contributed by atoms with E-state index in [1.165, 1.54) is 19.3 Å². The first kappa shape index (κ1) is 27.4. The van der Waals surface area contributed by atoms with E-state index in [1.807, 2.05) is 0 Å². The van der Waals surface area contributed by atoms with Gasteiger partial charge in [0.15, 0.2) is 23.3 Å². The minimum Gasteiger partial charge on any atom is -0.618 e. The second-order valence-corrected chi connectivity index (χ2v) is 7.67. The number of aliphatic imine (C=N–C) groups is 1. The molecule has 4 nitrogen and oxygen atoms in total. The van der Waals surface area contributed by atoms with Crippen molar-refractivity contribution in [1.82, 2.24) is 0 Å². The molecule has 2 aromatic rings. The van der Waals surface area contributed by atoms with Gasteiger partial charge < -0.3 is 9.94 Å². The molecule has 0 spiro atoms. The van der Waals surface area contributed by atoms with Crippen LogP contribution in [0.5, 0.6) is 0 Å². The van der Waals surface area contributed by atoms with Gasteiger partial charge in [0.1, 0.15) is 11.4 Å². The van der Waals surface area contributed by atoms with Crippen molar-refractivity contribution in [1.29, 1.82) is 0 Å². The van der Waals surface area contributed by atoms with Crippen LogP contribution in [-0.4, -0.2) is 23.3 Å². The molecule has 2 aliphatic carbocycles. The quantitative estimate of drug-likeness (QED) is 0.102. The lowest BCUT2D eigenvalue weighted by atomic mass is 9.95. The molecule has 2 aliphatic rings. The fourth-order valence-electron chi connectivity index (χ4n) is 3.46. The van der Waals surface area contributed by atoms with Crippen molar-refractivity contribution in [3.8, 4) is 0 Å². The van der Waals surface area contributed by atoms with Gasteiger partial charge in [0.05, 0.1) is 12.8 Å². The van der Waals surface area contributed by atoms with Crippen LogP contribution in [0.4, 0.5) is 55.3 Å². The van der Waals surface area contributed by atoms with Crippen molar-refractivity contribution in [3.05, 3.63) is 123 Å². The van der Waals surface area contributed by atoms with E-state index in [0.717, 1.165) is 30.4 Å². The molecule has 2 aromatic carbocycles. The molecule has 0 radical (unpaired) electrons. The highest BCUT2D eigenvalue weighted by Gasteiger charge is 2.32. The van der Waals surface area contributed by atoms with Crippen molar-refractivity contribution < 1.29 is 53.4 Å². The number of benzene rings is 2. The van der Waals surface area contributed by atoms with Crippen LogP contribution in [0.15, 0.2) is 64.4 Å². The molecule has 14 heteroatoms. The van der Waals surface area contributed by atoms with Gasteiger partial charge in [-0.15, -0.1) is 0 Å². The Hall–Kier alpha value is -4.62. The number of hydrogen-bond acceptors (Lipinski definition) is 3. The smallest absolute Gasteiger partial charge is 0.295 e. The average Bonchev–Trinajstić information content (AvgIpc) is 2.95. The molecule has 0 fully saturated rings. The topological polar surface area (TPSA) is 47.7 Å². The monoisotopic (exact) mass is 560 g/mol. The Balaban J connectivity index is 1.85. The number of nitrogens with zero attached hydrogens (tertiary/aromatic N) is 2. The third kappa shape index (κ3) is 4.62. The lowest BCUT2D eigenvalue weighted by Crippen LogP contribution is -2.15. The summed E-state index contributed by atoms with van der Waals surface area (Å²) < 4.78 is 142. The molecule has 4 rings (SSSR count). The summed E-state index contributed by atoms with van der Waals surface area (Å²) >= 11 is 0. The summed E-state index contributed by atoms with van der Waals surface area (Å²) in [6, 6.07) is 0. The molecule has 0 bridgehead atoms. The third-order valence-corrected chi connectivity index (χ3v) is 5.43. The first-order valence-electron chi connectivity index (χ1n) is 10.4. The van der Waals surface area contributed by atoms with Crippen LogP contribution in [0.3, 0.4) is 0 Å². The number of allylic oxidation sites excluding steroid dienone is 9. The zero-order valence-electron chi connectivity index (χ0n) is 19.0. The van der Waals surface area contributed by atoms with Crippen LogP contribution in [0, 0.1) is 63.4 Å². The predicted molar refractivity (Wildman–Crippen MR) is 117 cm³/mol. The molecule has 0 N–H and O–H groups in total. The summed E-state index contributed by atoms with van der Waals surface area (Å²) in [6.07, 6.45) is 7.63. The Kier molecular flexibility index (Phi) is 7.22. The van der Waals surface area contributed by atoms with Gasteiger partial charge in [0.2, 0.25) is 40.6 Å². The van der Waals surface area contributed by atoms with Gasteiger partial charge in [-0.1, -0.05) is 0 Å². The molecule has 0 saturated heterocycles. The first-order chi connectivity index (χ1) is 18.4. The van der Waals surface area contributed by atoms with E-state index in [0.29, 0.717) is 0 Å². The molecule has 0 unspecified atom stereocenters. The Bertz CT molecular complexity index is 1570. The highest BCUT2D eigenvalue weighted by atomic mass is 19.2. The summed E-state index contributed by atoms with van der Waals surface area (Å²) in [6.45, 7) is 0. The Morgan fingerprint density at radius 3 is 1.56 bits per heavy atom. The Morgan fingerprint density at radius 1 is 0.615 bits per heavy atom. The van der Waals surface area contributed by atoms with Crippen LogP contribution in [0.25, 0.3) is 0 Å². The largest absolute Gasteiger partial charge is 0.618 e. The van der Waals surface area contributed by atoms with E-state index < -0.39 is 80.0 Å². The van der Waals surface area contributed by atoms with Crippen LogP contribution in [0.2, 0.25) is 0 Å². The number of ether oxygens (including phenoxy) is 1. The molecule has 0 aliphatic heterocycles. The lowest BCUT2D eigenvalue weighted by molar-refractivity contribution is -0.365. The van der Waals surface area contributed by atoms with Crippen LogP contribution in [0.1, 0.15) is 0 Å². The maximum atomic E-state index is 14.2. The van der Waals surface area contributed by atoms with E-state index in [2.05, 4.69) is 4.99 Å². The maximum absolute atomic E-state index is 14.2. The number of rotatable bonds is 3. The van der Waals surface area contributed by atoms with E-state index in [4.69, 9.17) is 4.74 Å². The van der Waals surface area contributed by atoms with E-state index >= 15 is 0 Å². The van der Waals surface area contributed by atoms with Crippen molar-refractivity contribution >= 4 is 22.8 Å². The van der Waals surface area contributed by atoms with Gasteiger partial charge in [0, 0.05) is 17.7 Å². The lowest BCUT2D eigenvalue weighted by Gasteiger charge is -2.16. The van der Waals surface area contributed by atoms with Gasteiger partial charge in [-0.25, -0.2) is 40.1 Å². The SMILES string of the molecule is COC1=CC(=C2C=CC(=[N+]([O-])c3c(F)c(F)c(F)c(F)c3F)C=C2)C(=Nc2c(F)c(F)c(F)c(F)c2F)C=C1. The van der Waals surface area contributed by atoms with Crippen LogP contribution in [-0.2, 0) is 4.74 Å². The molecule has 0 aromatic heterocycles. The minimum absolute atomic E-state index is 0.0291. The molecule has 0 atom stereocenters. The van der Waals surface area contributed by atoms with E-state index in [-0.39, 0.29) is 22.6 Å². The number of methoxy groups -OCH3 is 1. The maximum Gasteiger partial charge on any atom is 0.295 e. The molecule has 39 heavy (non-hydrogen) atoms. The standard InChI is InChI=1S/C25H10F10N2O2/c1-39-11-6-7-13(36-24-20(32)16(28)14(26)17(29)21(24)33)12(8-11)9-2-4-10(5-3-9)37(38)25-22(34)18(30)15(27)19(31)23(25)35/h2-8H,1H3. The zero-order chi connectivity index (χ0) is 28.8. The predicted octanol–water partition coefficient (Wildman–Crippen LogP) is 6.96. The van der Waals surface area contributed by atoms with Gasteiger partial charge in [-0.2, -0.15) is 13.5 Å². The van der Waals surface area contributed by atoms with E-state index in [9.17, 15) is 49.1 Å². The van der Waals surface area contributed by atoms with Gasteiger partial charge in [0.25, 0.3) is 5.69 Å². The van der Waals surface area contributed by atoms with E-state index in [1.54, 1.807) is 0 Å². The van der Waals surface area contributed by atoms with Gasteiger partial charge in [-0.05, 0) is 36.0 Å². The normalized spacial score (nSPS) is 15.9. The summed E-state index contributed by atoms with van der Waals surface area (Å²) in [4.78, 5) is 3.57. The van der Waals surface area contributed by atoms with Crippen LogP contribution >= 0.6 is 0 Å². The highest BCUT2D eigenvalue weighted by molar-refractivity contribution is 6.14. The molecule has 0 amide bonds. The zero-order valence-corrected chi connectivity index (χ0v) is 19.0. The molecule has 0 saturated carbocycles. The second-order valence-electron chi connectivity index (χ2n) is 7.67. The summed E-state index contributed by atoms with van der Waals surface area (Å²) in [7, 11) is 1.25. The fraction of sp³-hybridized carbons (Fsp3) is 0.0400. The Labute approximate surface area is 211 Å². The molecule has 202 valence electrons. The summed E-state index contributed by atoms with van der Waals surface area (Å²) in [5.74, 6) is -23.0. The average molecular weight is 560 g/mol. The van der Waals surface area contributed by atoms with Crippen molar-refractivity contribution in [2.24, 2.45) is 4.99 Å². The minimum atomic E-state index is -2.46. The van der Waals surface area contributed by atoms with Crippen molar-refractivity contribution in [2.75, 3.05) is 7.11 Å². The Morgan fingerprint density at radius 2 is 1.08 bits per heavy atom.